The summed E-state index contributed by atoms with van der Waals surface area (Å²) in [6, 6.07) is 7.37. The van der Waals surface area contributed by atoms with Crippen molar-refractivity contribution < 1.29 is 13.2 Å². The molecule has 0 radical (unpaired) electrons. The Morgan fingerprint density at radius 2 is 1.64 bits per heavy atom. The average molecular weight is 556 g/mol. The van der Waals surface area contributed by atoms with E-state index in [0.29, 0.717) is 24.9 Å². The third kappa shape index (κ3) is 6.35. The minimum Gasteiger partial charge on any atom is -0.345 e. The summed E-state index contributed by atoms with van der Waals surface area (Å²) in [5.74, 6) is 1.31. The number of carbonyl (C=O) groups is 1. The van der Waals surface area contributed by atoms with Crippen molar-refractivity contribution in [3.05, 3.63) is 29.8 Å². The van der Waals surface area contributed by atoms with E-state index in [1.807, 2.05) is 25.1 Å². The molecule has 1 aromatic heterocycles. The number of guanidine groups is 1. The lowest BCUT2D eigenvalue weighted by atomic mass is 9.73. The van der Waals surface area contributed by atoms with Crippen LogP contribution in [0.1, 0.15) is 102 Å². The van der Waals surface area contributed by atoms with Crippen molar-refractivity contribution in [1.82, 2.24) is 19.9 Å². The van der Waals surface area contributed by atoms with Gasteiger partial charge in [-0.05, 0) is 54.9 Å². The lowest BCUT2D eigenvalue weighted by Gasteiger charge is -2.36. The maximum Gasteiger partial charge on any atom is 0.256 e. The third-order valence-electron chi connectivity index (χ3n) is 9.12. The standard InChI is InChI=1S/C30H45N5O3S/c1-2-3-16-32-39(37,38)27-18-25-17-24(14-15-26(25)33-27)21-35-28(36)30(34-29(35)31,19-22-10-6-4-7-11-22)20-23-12-8-5-9-13-23/h14-15,17-18,22-23,32-33H,2-13,16,19-21H2,1H3,(H2,31,34). The number of aromatic amines is 1. The number of sulfonamides is 1. The van der Waals surface area contributed by atoms with Gasteiger partial charge in [-0.25, -0.2) is 13.1 Å². The molecule has 2 heterocycles. The van der Waals surface area contributed by atoms with E-state index in [2.05, 4.69) is 15.0 Å². The molecule has 1 aromatic carbocycles. The van der Waals surface area contributed by atoms with E-state index in [1.54, 1.807) is 11.0 Å². The number of nitrogens with zero attached hydrogens (tertiary/aromatic N) is 1. The van der Waals surface area contributed by atoms with Gasteiger partial charge in [0.2, 0.25) is 0 Å². The lowest BCUT2D eigenvalue weighted by molar-refractivity contribution is -0.133. The molecule has 4 N–H and O–H groups in total. The summed E-state index contributed by atoms with van der Waals surface area (Å²) in [6.07, 6.45) is 15.6. The van der Waals surface area contributed by atoms with Crippen LogP contribution < -0.4 is 10.0 Å². The Bertz CT molecular complexity index is 1250. The normalized spacial score (nSPS) is 21.1. The van der Waals surface area contributed by atoms with Crippen LogP contribution in [0, 0.1) is 17.2 Å². The van der Waals surface area contributed by atoms with Gasteiger partial charge in [0.1, 0.15) is 10.6 Å². The zero-order valence-corrected chi connectivity index (χ0v) is 24.2. The highest BCUT2D eigenvalue weighted by atomic mass is 32.2. The first-order valence-corrected chi connectivity index (χ1v) is 16.6. The summed E-state index contributed by atoms with van der Waals surface area (Å²) in [7, 11) is -3.61. The summed E-state index contributed by atoms with van der Waals surface area (Å²) in [4.78, 5) is 18.8. The Morgan fingerprint density at radius 1 is 1.00 bits per heavy atom. The summed E-state index contributed by atoms with van der Waals surface area (Å²) in [5, 5.41) is 13.2. The predicted octanol–water partition coefficient (Wildman–Crippen LogP) is 5.79. The van der Waals surface area contributed by atoms with Crippen LogP contribution in [0.25, 0.3) is 10.9 Å². The zero-order chi connectivity index (χ0) is 27.5. The second-order valence-corrected chi connectivity index (χ2v) is 13.9. The number of unbranched alkanes of at least 4 members (excludes halogenated alkanes) is 1. The smallest absolute Gasteiger partial charge is 0.256 e. The molecular formula is C30H45N5O3S. The van der Waals surface area contributed by atoms with Gasteiger partial charge in [-0.3, -0.25) is 15.1 Å². The van der Waals surface area contributed by atoms with E-state index in [1.165, 1.54) is 64.2 Å². The van der Waals surface area contributed by atoms with E-state index in [-0.39, 0.29) is 16.9 Å². The summed E-state index contributed by atoms with van der Waals surface area (Å²) in [6.45, 7) is 2.74. The van der Waals surface area contributed by atoms with Gasteiger partial charge in [-0.1, -0.05) is 83.6 Å². The molecule has 214 valence electrons. The van der Waals surface area contributed by atoms with Crippen LogP contribution in [0.4, 0.5) is 0 Å². The molecule has 1 saturated heterocycles. The van der Waals surface area contributed by atoms with Gasteiger partial charge in [-0.15, -0.1) is 0 Å². The molecule has 2 saturated carbocycles. The van der Waals surface area contributed by atoms with Crippen LogP contribution in [-0.2, 0) is 21.4 Å². The molecule has 0 unspecified atom stereocenters. The molecule has 3 aliphatic rings. The molecule has 0 spiro atoms. The van der Waals surface area contributed by atoms with Crippen LogP contribution in [0.2, 0.25) is 0 Å². The van der Waals surface area contributed by atoms with Crippen LogP contribution >= 0.6 is 0 Å². The number of fused-ring (bicyclic) bond motifs is 1. The van der Waals surface area contributed by atoms with Gasteiger partial charge < -0.3 is 10.3 Å². The summed E-state index contributed by atoms with van der Waals surface area (Å²) >= 11 is 0. The first-order valence-electron chi connectivity index (χ1n) is 15.1. The molecule has 1 amide bonds. The monoisotopic (exact) mass is 555 g/mol. The Kier molecular flexibility index (Phi) is 8.66. The number of H-pyrrole nitrogens is 1. The Hall–Kier alpha value is -2.39. The molecule has 8 nitrogen and oxygen atoms in total. The molecule has 9 heteroatoms. The van der Waals surface area contributed by atoms with E-state index in [9.17, 15) is 13.2 Å². The fraction of sp³-hybridized carbons (Fsp3) is 0.667. The van der Waals surface area contributed by atoms with Crippen LogP contribution in [0.15, 0.2) is 29.3 Å². The predicted molar refractivity (Wildman–Crippen MR) is 155 cm³/mol. The zero-order valence-electron chi connectivity index (χ0n) is 23.4. The first-order chi connectivity index (χ1) is 18.8. The topological polar surface area (TPSA) is 118 Å². The van der Waals surface area contributed by atoms with Gasteiger partial charge in [0.15, 0.2) is 5.96 Å². The lowest BCUT2D eigenvalue weighted by Crippen LogP contribution is -2.50. The number of aromatic nitrogens is 1. The maximum atomic E-state index is 14.1. The maximum absolute atomic E-state index is 14.1. The third-order valence-corrected chi connectivity index (χ3v) is 10.5. The van der Waals surface area contributed by atoms with E-state index < -0.39 is 15.6 Å². The summed E-state index contributed by atoms with van der Waals surface area (Å²) in [5.41, 5.74) is 0.944. The largest absolute Gasteiger partial charge is 0.345 e. The first kappa shape index (κ1) is 28.1. The molecule has 2 aromatic rings. The second kappa shape index (κ2) is 12.0. The van der Waals surface area contributed by atoms with E-state index in [4.69, 9.17) is 5.41 Å². The average Bonchev–Trinajstić information content (AvgIpc) is 3.45. The Labute approximate surface area is 233 Å². The van der Waals surface area contributed by atoms with Gasteiger partial charge >= 0.3 is 0 Å². The van der Waals surface area contributed by atoms with Gasteiger partial charge in [0, 0.05) is 17.4 Å². The number of nitrogens with one attached hydrogen (secondary N) is 4. The number of hydrogen-bond acceptors (Lipinski definition) is 4. The minimum absolute atomic E-state index is 0.0428. The number of benzene rings is 1. The van der Waals surface area contributed by atoms with Crippen molar-refractivity contribution in [3.63, 3.8) is 0 Å². The number of rotatable bonds is 11. The summed E-state index contributed by atoms with van der Waals surface area (Å²) < 4.78 is 28.0. The van der Waals surface area contributed by atoms with E-state index >= 15 is 0 Å². The van der Waals surface area contributed by atoms with Crippen LogP contribution in [0.3, 0.4) is 0 Å². The van der Waals surface area contributed by atoms with Gasteiger partial charge in [0.05, 0.1) is 6.54 Å². The highest BCUT2D eigenvalue weighted by Crippen LogP contribution is 2.40. The molecule has 3 fully saturated rings. The number of amides is 1. The fourth-order valence-corrected chi connectivity index (χ4v) is 8.12. The van der Waals surface area contributed by atoms with Crippen molar-refractivity contribution in [2.75, 3.05) is 6.54 Å². The van der Waals surface area contributed by atoms with Crippen LogP contribution in [-0.4, -0.2) is 42.3 Å². The van der Waals surface area contributed by atoms with Crippen molar-refractivity contribution in [2.24, 2.45) is 11.8 Å². The molecule has 0 bridgehead atoms. The van der Waals surface area contributed by atoms with Crippen molar-refractivity contribution in [2.45, 2.75) is 114 Å². The van der Waals surface area contributed by atoms with E-state index in [0.717, 1.165) is 42.1 Å². The minimum atomic E-state index is -3.61. The number of hydrogen-bond donors (Lipinski definition) is 4. The highest BCUT2D eigenvalue weighted by molar-refractivity contribution is 7.89. The SMILES string of the molecule is CCCCNS(=O)(=O)c1cc2cc(CN3C(=N)NC(CC4CCCCC4)(CC4CCCCC4)C3=O)ccc2[nH]1. The molecule has 0 atom stereocenters. The molecule has 2 aliphatic carbocycles. The second-order valence-electron chi connectivity index (χ2n) is 12.2. The molecule has 5 rings (SSSR count). The van der Waals surface area contributed by atoms with Crippen molar-refractivity contribution in [1.29, 1.82) is 5.41 Å². The quantitative estimate of drug-likeness (QED) is 0.262. The molecular weight excluding hydrogens is 510 g/mol. The Balaban J connectivity index is 1.34. The molecule has 1 aliphatic heterocycles. The van der Waals surface area contributed by atoms with Gasteiger partial charge in [-0.2, -0.15) is 0 Å². The van der Waals surface area contributed by atoms with Crippen LogP contribution in [0.5, 0.6) is 0 Å². The van der Waals surface area contributed by atoms with Crippen molar-refractivity contribution in [3.8, 4) is 0 Å². The van der Waals surface area contributed by atoms with Gasteiger partial charge in [0.25, 0.3) is 15.9 Å². The highest BCUT2D eigenvalue weighted by Gasteiger charge is 2.51. The number of carbonyl (C=O) groups excluding carboxylic acids is 1. The van der Waals surface area contributed by atoms with Crippen molar-refractivity contribution >= 4 is 32.8 Å². The fourth-order valence-electron chi connectivity index (χ4n) is 7.03. The molecule has 39 heavy (non-hydrogen) atoms. The Morgan fingerprint density at radius 3 is 2.26 bits per heavy atom.